The molecule has 1 aromatic carbocycles. The normalized spacial score (nSPS) is 11.5. The Morgan fingerprint density at radius 2 is 1.95 bits per heavy atom. The fraction of sp³-hybridized carbons (Fsp3) is 0.167. The van der Waals surface area contributed by atoms with Crippen LogP contribution in [-0.2, 0) is 0 Å². The number of benzene rings is 1. The molecular formula is C12H8ClF3N2O3. The number of halogens is 4. The van der Waals surface area contributed by atoms with Crippen LogP contribution in [0.25, 0.3) is 5.69 Å². The van der Waals surface area contributed by atoms with Crippen molar-refractivity contribution in [2.45, 2.75) is 13.3 Å². The Morgan fingerprint density at radius 3 is 2.57 bits per heavy atom. The van der Waals surface area contributed by atoms with E-state index in [1.54, 1.807) is 0 Å². The Morgan fingerprint density at radius 1 is 1.29 bits per heavy atom. The molecule has 2 aromatic rings. The molecule has 0 atom stereocenters. The molecule has 0 aliphatic carbocycles. The van der Waals surface area contributed by atoms with E-state index in [1.807, 2.05) is 0 Å². The van der Waals surface area contributed by atoms with Gasteiger partial charge in [-0.2, -0.15) is 0 Å². The highest BCUT2D eigenvalue weighted by Gasteiger charge is 2.31. The van der Waals surface area contributed by atoms with Gasteiger partial charge in [0, 0.05) is 6.07 Å². The van der Waals surface area contributed by atoms with Gasteiger partial charge in [0.05, 0.1) is 11.3 Å². The van der Waals surface area contributed by atoms with Crippen molar-refractivity contribution in [3.63, 3.8) is 0 Å². The van der Waals surface area contributed by atoms with Crippen molar-refractivity contribution in [3.05, 3.63) is 55.8 Å². The van der Waals surface area contributed by atoms with E-state index in [2.05, 4.69) is 9.72 Å². The molecule has 0 saturated carbocycles. The van der Waals surface area contributed by atoms with Crippen LogP contribution in [0, 0.1) is 6.92 Å². The summed E-state index contributed by atoms with van der Waals surface area (Å²) in [4.78, 5) is 26.0. The first kappa shape index (κ1) is 15.2. The monoisotopic (exact) mass is 320 g/mol. The third-order valence-electron chi connectivity index (χ3n) is 2.58. The lowest BCUT2D eigenvalue weighted by atomic mass is 10.3. The van der Waals surface area contributed by atoms with Crippen LogP contribution in [0.15, 0.2) is 33.9 Å². The van der Waals surface area contributed by atoms with Crippen LogP contribution in [0.2, 0.25) is 5.15 Å². The maximum absolute atomic E-state index is 12.2. The van der Waals surface area contributed by atoms with Gasteiger partial charge in [0.2, 0.25) is 0 Å². The molecule has 21 heavy (non-hydrogen) atoms. The summed E-state index contributed by atoms with van der Waals surface area (Å²) in [6, 6.07) is 4.51. The molecule has 1 heterocycles. The quantitative estimate of drug-likeness (QED) is 0.864. The van der Waals surface area contributed by atoms with Crippen LogP contribution in [0.5, 0.6) is 5.75 Å². The maximum atomic E-state index is 12.2. The summed E-state index contributed by atoms with van der Waals surface area (Å²) in [7, 11) is 0. The molecule has 9 heteroatoms. The summed E-state index contributed by atoms with van der Waals surface area (Å²) in [6.45, 7) is 1.38. The second-order valence-electron chi connectivity index (χ2n) is 4.05. The lowest BCUT2D eigenvalue weighted by molar-refractivity contribution is -0.274. The van der Waals surface area contributed by atoms with E-state index in [9.17, 15) is 22.8 Å². The Kier molecular flexibility index (Phi) is 3.82. The molecule has 1 N–H and O–H groups in total. The van der Waals surface area contributed by atoms with Gasteiger partial charge in [-0.15, -0.1) is 13.2 Å². The Balaban J connectivity index is 2.59. The number of ether oxygens (including phenoxy) is 1. The summed E-state index contributed by atoms with van der Waals surface area (Å²) in [6.07, 6.45) is -4.87. The largest absolute Gasteiger partial charge is 0.573 e. The molecule has 0 saturated heterocycles. The second-order valence-corrected chi connectivity index (χ2v) is 4.43. The zero-order chi connectivity index (χ0) is 15.8. The van der Waals surface area contributed by atoms with E-state index in [0.717, 1.165) is 12.1 Å². The van der Waals surface area contributed by atoms with E-state index < -0.39 is 23.4 Å². The van der Waals surface area contributed by atoms with Crippen molar-refractivity contribution in [1.82, 2.24) is 9.55 Å². The molecule has 0 radical (unpaired) electrons. The van der Waals surface area contributed by atoms with E-state index in [0.29, 0.717) is 4.57 Å². The molecule has 0 bridgehead atoms. The first-order valence-corrected chi connectivity index (χ1v) is 5.94. The predicted octanol–water partition coefficient (Wildman–Crippen LogP) is 2.39. The van der Waals surface area contributed by atoms with Crippen molar-refractivity contribution < 1.29 is 17.9 Å². The van der Waals surface area contributed by atoms with Crippen molar-refractivity contribution in [3.8, 4) is 11.4 Å². The summed E-state index contributed by atoms with van der Waals surface area (Å²) in [5, 5.41) is -0.121. The summed E-state index contributed by atoms with van der Waals surface area (Å²) >= 11 is 5.65. The molecule has 112 valence electrons. The van der Waals surface area contributed by atoms with Gasteiger partial charge in [-0.25, -0.2) is 9.36 Å². The molecule has 0 amide bonds. The molecule has 0 aliphatic rings. The number of nitrogens with zero attached hydrogens (tertiary/aromatic N) is 1. The molecule has 0 unspecified atom stereocenters. The van der Waals surface area contributed by atoms with E-state index in [4.69, 9.17) is 11.6 Å². The number of alkyl halides is 3. The number of aromatic nitrogens is 2. The van der Waals surface area contributed by atoms with E-state index >= 15 is 0 Å². The second kappa shape index (κ2) is 5.28. The van der Waals surface area contributed by atoms with Gasteiger partial charge in [0.25, 0.3) is 5.56 Å². The highest BCUT2D eigenvalue weighted by molar-refractivity contribution is 6.30. The van der Waals surface area contributed by atoms with Gasteiger partial charge in [0.15, 0.2) is 0 Å². The fourth-order valence-electron chi connectivity index (χ4n) is 1.65. The lowest BCUT2D eigenvalue weighted by Crippen LogP contribution is -2.35. The highest BCUT2D eigenvalue weighted by Crippen LogP contribution is 2.24. The number of hydrogen-bond donors (Lipinski definition) is 1. The van der Waals surface area contributed by atoms with Crippen LogP contribution in [0.4, 0.5) is 13.2 Å². The van der Waals surface area contributed by atoms with Crippen LogP contribution in [-0.4, -0.2) is 15.9 Å². The summed E-state index contributed by atoms with van der Waals surface area (Å²) in [5.74, 6) is -0.543. The van der Waals surface area contributed by atoms with Crippen LogP contribution < -0.4 is 16.0 Å². The average Bonchev–Trinajstić information content (AvgIpc) is 2.34. The fourth-order valence-corrected chi connectivity index (χ4v) is 1.81. The lowest BCUT2D eigenvalue weighted by Gasteiger charge is -2.11. The summed E-state index contributed by atoms with van der Waals surface area (Å²) < 4.78 is 40.9. The topological polar surface area (TPSA) is 64.1 Å². The third kappa shape index (κ3) is 3.27. The minimum atomic E-state index is -4.87. The number of aromatic amines is 1. The molecule has 0 spiro atoms. The Bertz CT molecular complexity index is 796. The zero-order valence-electron chi connectivity index (χ0n) is 10.5. The first-order chi connectivity index (χ1) is 9.69. The van der Waals surface area contributed by atoms with Crippen molar-refractivity contribution in [1.29, 1.82) is 0 Å². The standard InChI is InChI=1S/C12H8ClF3N2O3/c1-6-9(13)17-11(20)18(10(6)19)7-3-2-4-8(5-7)21-12(14,15)16/h2-5H,1H3,(H,17,20). The molecule has 0 fully saturated rings. The smallest absolute Gasteiger partial charge is 0.406 e. The molecular weight excluding hydrogens is 313 g/mol. The van der Waals surface area contributed by atoms with Gasteiger partial charge >= 0.3 is 12.1 Å². The first-order valence-electron chi connectivity index (χ1n) is 5.56. The van der Waals surface area contributed by atoms with Crippen molar-refractivity contribution in [2.75, 3.05) is 0 Å². The van der Waals surface area contributed by atoms with Gasteiger partial charge in [-0.3, -0.25) is 9.78 Å². The van der Waals surface area contributed by atoms with Crippen molar-refractivity contribution >= 4 is 11.6 Å². The number of H-pyrrole nitrogens is 1. The molecule has 0 aliphatic heterocycles. The maximum Gasteiger partial charge on any atom is 0.573 e. The van der Waals surface area contributed by atoms with E-state index in [1.165, 1.54) is 19.1 Å². The SMILES string of the molecule is Cc1c(Cl)[nH]c(=O)n(-c2cccc(OC(F)(F)F)c2)c1=O. The molecule has 5 nitrogen and oxygen atoms in total. The Hall–Kier alpha value is -2.22. The highest BCUT2D eigenvalue weighted by atomic mass is 35.5. The van der Waals surface area contributed by atoms with E-state index in [-0.39, 0.29) is 16.4 Å². The van der Waals surface area contributed by atoms with Crippen molar-refractivity contribution in [2.24, 2.45) is 0 Å². The van der Waals surface area contributed by atoms with Crippen LogP contribution in [0.3, 0.4) is 0 Å². The van der Waals surface area contributed by atoms with Gasteiger partial charge < -0.3 is 4.74 Å². The number of nitrogens with one attached hydrogen (secondary N) is 1. The minimum Gasteiger partial charge on any atom is -0.406 e. The van der Waals surface area contributed by atoms with Crippen LogP contribution in [0.1, 0.15) is 5.56 Å². The van der Waals surface area contributed by atoms with Gasteiger partial charge in [0.1, 0.15) is 10.9 Å². The minimum absolute atomic E-state index is 0.0669. The van der Waals surface area contributed by atoms with Crippen LogP contribution >= 0.6 is 11.6 Å². The number of hydrogen-bond acceptors (Lipinski definition) is 3. The average molecular weight is 321 g/mol. The molecule has 1 aromatic heterocycles. The zero-order valence-corrected chi connectivity index (χ0v) is 11.2. The molecule has 2 rings (SSSR count). The van der Waals surface area contributed by atoms with Gasteiger partial charge in [-0.05, 0) is 19.1 Å². The predicted molar refractivity (Wildman–Crippen MR) is 69.1 cm³/mol. The Labute approximate surface area is 120 Å². The third-order valence-corrected chi connectivity index (χ3v) is 2.96. The van der Waals surface area contributed by atoms with Gasteiger partial charge in [-0.1, -0.05) is 17.7 Å². The summed E-state index contributed by atoms with van der Waals surface area (Å²) in [5.41, 5.74) is -1.59. The number of rotatable bonds is 2.